The van der Waals surface area contributed by atoms with E-state index >= 15 is 0 Å². The summed E-state index contributed by atoms with van der Waals surface area (Å²) in [5.74, 6) is 0. The molecule has 2 nitrogen and oxygen atoms in total. The van der Waals surface area contributed by atoms with Crippen LogP contribution < -0.4 is 5.32 Å². The quantitative estimate of drug-likeness (QED) is 0.816. The Hall–Kier alpha value is -1.19. The van der Waals surface area contributed by atoms with Crippen LogP contribution in [-0.2, 0) is 6.42 Å². The lowest BCUT2D eigenvalue weighted by Crippen LogP contribution is -2.25. The highest BCUT2D eigenvalue weighted by Crippen LogP contribution is 2.28. The van der Waals surface area contributed by atoms with Crippen molar-refractivity contribution in [3.63, 3.8) is 0 Å². The number of aryl methyl sites for hydroxylation is 2. The molecular weight excluding hydrogens is 324 g/mol. The van der Waals surface area contributed by atoms with E-state index in [1.165, 1.54) is 21.2 Å². The van der Waals surface area contributed by atoms with E-state index in [1.54, 1.807) is 0 Å². The highest BCUT2D eigenvalue weighted by molar-refractivity contribution is 9.10. The molecule has 3 heteroatoms. The van der Waals surface area contributed by atoms with Gasteiger partial charge in [0.05, 0.1) is 0 Å². The second kappa shape index (κ2) is 7.71. The predicted molar refractivity (Wildman–Crippen MR) is 92.6 cm³/mol. The van der Waals surface area contributed by atoms with Crippen molar-refractivity contribution in [2.75, 3.05) is 6.54 Å². The van der Waals surface area contributed by atoms with Crippen molar-refractivity contribution in [3.05, 3.63) is 63.4 Å². The Kier molecular flexibility index (Phi) is 5.95. The number of aromatic nitrogens is 1. The van der Waals surface area contributed by atoms with E-state index in [4.69, 9.17) is 0 Å². The van der Waals surface area contributed by atoms with Gasteiger partial charge < -0.3 is 5.32 Å². The Bertz CT molecular complexity index is 578. The molecule has 0 radical (unpaired) electrons. The summed E-state index contributed by atoms with van der Waals surface area (Å²) in [6.07, 6.45) is 3.97. The van der Waals surface area contributed by atoms with Crippen LogP contribution >= 0.6 is 15.9 Å². The van der Waals surface area contributed by atoms with Gasteiger partial charge in [0.1, 0.15) is 0 Å². The van der Waals surface area contributed by atoms with Crippen molar-refractivity contribution in [2.24, 2.45) is 0 Å². The van der Waals surface area contributed by atoms with Crippen molar-refractivity contribution >= 4 is 15.9 Å². The number of rotatable bonds is 6. The average molecular weight is 347 g/mol. The fourth-order valence-corrected chi connectivity index (χ4v) is 2.92. The molecular formula is C18H23BrN2. The van der Waals surface area contributed by atoms with Crippen LogP contribution in [0.3, 0.4) is 0 Å². The van der Waals surface area contributed by atoms with Crippen molar-refractivity contribution < 1.29 is 0 Å². The average Bonchev–Trinajstić information content (AvgIpc) is 2.48. The Morgan fingerprint density at radius 2 is 2.00 bits per heavy atom. The first-order chi connectivity index (χ1) is 10.1. The van der Waals surface area contributed by atoms with E-state index in [0.717, 1.165) is 25.1 Å². The zero-order valence-corrected chi connectivity index (χ0v) is 14.6. The van der Waals surface area contributed by atoms with Gasteiger partial charge in [0.25, 0.3) is 0 Å². The molecule has 0 saturated heterocycles. The van der Waals surface area contributed by atoms with Crippen LogP contribution in [0.15, 0.2) is 41.0 Å². The third-order valence-electron chi connectivity index (χ3n) is 3.62. The van der Waals surface area contributed by atoms with Crippen molar-refractivity contribution in [1.82, 2.24) is 10.3 Å². The van der Waals surface area contributed by atoms with E-state index in [0.29, 0.717) is 0 Å². The first-order valence-electron chi connectivity index (χ1n) is 7.51. The van der Waals surface area contributed by atoms with Gasteiger partial charge >= 0.3 is 0 Å². The maximum atomic E-state index is 4.55. The number of halogens is 1. The summed E-state index contributed by atoms with van der Waals surface area (Å²) in [4.78, 5) is 4.55. The van der Waals surface area contributed by atoms with Crippen LogP contribution in [0.25, 0.3) is 0 Å². The van der Waals surface area contributed by atoms with Crippen LogP contribution in [-0.4, -0.2) is 11.5 Å². The molecule has 0 spiro atoms. The molecule has 0 aliphatic rings. The molecule has 1 aromatic carbocycles. The molecule has 112 valence electrons. The van der Waals surface area contributed by atoms with E-state index < -0.39 is 0 Å². The fourth-order valence-electron chi connectivity index (χ4n) is 2.38. The standard InChI is InChI=1S/C18H23BrN2/c1-4-10-20-17(11-15-9-8-13(2)12-21-15)16-7-5-6-14(3)18(16)19/h5-9,12,17,20H,4,10-11H2,1-3H3. The molecule has 2 aromatic rings. The third kappa shape index (κ3) is 4.39. The molecule has 1 aromatic heterocycles. The zero-order valence-electron chi connectivity index (χ0n) is 13.0. The minimum absolute atomic E-state index is 0.287. The minimum atomic E-state index is 0.287. The maximum absolute atomic E-state index is 4.55. The molecule has 0 amide bonds. The number of benzene rings is 1. The van der Waals surface area contributed by atoms with Crippen molar-refractivity contribution in [1.29, 1.82) is 0 Å². The number of nitrogens with zero attached hydrogens (tertiary/aromatic N) is 1. The van der Waals surface area contributed by atoms with E-state index in [-0.39, 0.29) is 6.04 Å². The molecule has 0 aliphatic carbocycles. The monoisotopic (exact) mass is 346 g/mol. The fraction of sp³-hybridized carbons (Fsp3) is 0.389. The van der Waals surface area contributed by atoms with Crippen LogP contribution in [0.4, 0.5) is 0 Å². The van der Waals surface area contributed by atoms with Gasteiger partial charge in [-0.05, 0) is 49.6 Å². The Morgan fingerprint density at radius 1 is 1.19 bits per heavy atom. The van der Waals surface area contributed by atoms with Gasteiger partial charge in [0.15, 0.2) is 0 Å². The van der Waals surface area contributed by atoms with Gasteiger partial charge in [0.2, 0.25) is 0 Å². The normalized spacial score (nSPS) is 12.4. The molecule has 0 bridgehead atoms. The Balaban J connectivity index is 2.25. The van der Waals surface area contributed by atoms with Crippen LogP contribution in [0.1, 0.15) is 41.8 Å². The predicted octanol–water partition coefficient (Wildman–Crippen LogP) is 4.74. The van der Waals surface area contributed by atoms with Crippen LogP contribution in [0, 0.1) is 13.8 Å². The second-order valence-electron chi connectivity index (χ2n) is 5.52. The minimum Gasteiger partial charge on any atom is -0.310 e. The maximum Gasteiger partial charge on any atom is 0.0422 e. The van der Waals surface area contributed by atoms with Crippen LogP contribution in [0.5, 0.6) is 0 Å². The van der Waals surface area contributed by atoms with E-state index in [2.05, 4.69) is 77.3 Å². The third-order valence-corrected chi connectivity index (χ3v) is 4.71. The molecule has 21 heavy (non-hydrogen) atoms. The number of hydrogen-bond acceptors (Lipinski definition) is 2. The highest BCUT2D eigenvalue weighted by atomic mass is 79.9. The lowest BCUT2D eigenvalue weighted by molar-refractivity contribution is 0.522. The SMILES string of the molecule is CCCNC(Cc1ccc(C)cn1)c1cccc(C)c1Br. The lowest BCUT2D eigenvalue weighted by atomic mass is 9.99. The molecule has 1 unspecified atom stereocenters. The second-order valence-corrected chi connectivity index (χ2v) is 6.31. The lowest BCUT2D eigenvalue weighted by Gasteiger charge is -2.21. The number of nitrogens with one attached hydrogen (secondary N) is 1. The molecule has 0 fully saturated rings. The summed E-state index contributed by atoms with van der Waals surface area (Å²) in [5, 5.41) is 3.65. The van der Waals surface area contributed by atoms with Gasteiger partial charge in [-0.1, -0.05) is 47.1 Å². The summed E-state index contributed by atoms with van der Waals surface area (Å²) < 4.78 is 1.20. The van der Waals surface area contributed by atoms with E-state index in [1.807, 2.05) is 6.20 Å². The van der Waals surface area contributed by atoms with Crippen molar-refractivity contribution in [2.45, 2.75) is 39.7 Å². The summed E-state index contributed by atoms with van der Waals surface area (Å²) in [7, 11) is 0. The van der Waals surface area contributed by atoms with Crippen molar-refractivity contribution in [3.8, 4) is 0 Å². The molecule has 0 saturated carbocycles. The first-order valence-corrected chi connectivity index (χ1v) is 8.31. The van der Waals surface area contributed by atoms with Gasteiger partial charge in [0, 0.05) is 28.8 Å². The summed E-state index contributed by atoms with van der Waals surface area (Å²) >= 11 is 3.74. The first kappa shape index (κ1) is 16.2. The van der Waals surface area contributed by atoms with Gasteiger partial charge in [-0.2, -0.15) is 0 Å². The summed E-state index contributed by atoms with van der Waals surface area (Å²) in [5.41, 5.74) is 4.91. The Labute approximate surface area is 136 Å². The van der Waals surface area contributed by atoms with Gasteiger partial charge in [-0.3, -0.25) is 4.98 Å². The topological polar surface area (TPSA) is 24.9 Å². The molecule has 1 atom stereocenters. The van der Waals surface area contributed by atoms with Gasteiger partial charge in [-0.15, -0.1) is 0 Å². The van der Waals surface area contributed by atoms with Gasteiger partial charge in [-0.25, -0.2) is 0 Å². The number of pyridine rings is 1. The Morgan fingerprint density at radius 3 is 2.67 bits per heavy atom. The molecule has 1 heterocycles. The molecule has 1 N–H and O–H groups in total. The molecule has 2 rings (SSSR count). The van der Waals surface area contributed by atoms with E-state index in [9.17, 15) is 0 Å². The largest absolute Gasteiger partial charge is 0.310 e. The zero-order chi connectivity index (χ0) is 15.2. The smallest absolute Gasteiger partial charge is 0.0422 e. The highest BCUT2D eigenvalue weighted by Gasteiger charge is 2.16. The summed E-state index contributed by atoms with van der Waals surface area (Å²) in [6, 6.07) is 11.0. The molecule has 0 aliphatic heterocycles. The number of hydrogen-bond donors (Lipinski definition) is 1. The summed E-state index contributed by atoms with van der Waals surface area (Å²) in [6.45, 7) is 7.41. The van der Waals surface area contributed by atoms with Crippen LogP contribution in [0.2, 0.25) is 0 Å².